The Morgan fingerprint density at radius 1 is 1.20 bits per heavy atom. The first-order chi connectivity index (χ1) is 21.1. The number of rotatable bonds is 8. The molecular weight excluding hydrogens is 602 g/mol. The average molecular weight is 652 g/mol. The average Bonchev–Trinajstić information content (AvgIpc) is 3.32. The highest BCUT2D eigenvalue weighted by Crippen LogP contribution is 2.30. The molecule has 252 valence electrons. The number of carbonyl (C=O) groups excluding carboxylic acids is 2. The van der Waals surface area contributed by atoms with E-state index >= 15 is 0 Å². The summed E-state index contributed by atoms with van der Waals surface area (Å²) in [4.78, 5) is 30.0. The molecule has 0 radical (unpaired) electrons. The van der Waals surface area contributed by atoms with Crippen LogP contribution in [-0.2, 0) is 14.8 Å². The fraction of sp³-hybridized carbons (Fsp3) is 0.645. The van der Waals surface area contributed by atoms with Crippen LogP contribution in [0.4, 0.5) is 10.5 Å². The number of anilines is 1. The molecule has 1 aliphatic rings. The van der Waals surface area contributed by atoms with Crippen LogP contribution in [0, 0.1) is 19.8 Å². The van der Waals surface area contributed by atoms with Crippen LogP contribution >= 0.6 is 0 Å². The molecular formula is C31H49N5O8S. The third-order valence-electron chi connectivity index (χ3n) is 7.75. The molecule has 1 aromatic carbocycles. The zero-order chi connectivity index (χ0) is 33.5. The van der Waals surface area contributed by atoms with Gasteiger partial charge in [0.25, 0.3) is 15.9 Å². The number of likely N-dealkylation sites (N-methyl/N-ethyl adjacent to an activating group) is 1. The second-order valence-corrected chi connectivity index (χ2v) is 13.9. The summed E-state index contributed by atoms with van der Waals surface area (Å²) in [5.41, 5.74) is 0.520. The molecule has 2 heterocycles. The Kier molecular flexibility index (Phi) is 12.7. The number of nitrogens with zero attached hydrogens (tertiary/aromatic N) is 3. The highest BCUT2D eigenvalue weighted by atomic mass is 32.2. The molecule has 0 aliphatic carbocycles. The summed E-state index contributed by atoms with van der Waals surface area (Å²) < 4.78 is 46.6. The smallest absolute Gasteiger partial charge is 0.317 e. The van der Waals surface area contributed by atoms with E-state index in [-0.39, 0.29) is 64.8 Å². The molecule has 3 N–H and O–H groups in total. The molecule has 0 fully saturated rings. The van der Waals surface area contributed by atoms with Gasteiger partial charge in [0.15, 0.2) is 10.7 Å². The minimum Gasteiger partial charge on any atom is -0.490 e. The molecule has 3 amide bonds. The minimum absolute atomic E-state index is 0.0242. The molecule has 2 aromatic rings. The van der Waals surface area contributed by atoms with Crippen LogP contribution in [0.1, 0.15) is 75.7 Å². The Labute approximate surface area is 266 Å². The number of aliphatic hydroxyl groups is 1. The fourth-order valence-electron chi connectivity index (χ4n) is 5.22. The van der Waals surface area contributed by atoms with Crippen LogP contribution < -0.4 is 14.8 Å². The largest absolute Gasteiger partial charge is 0.490 e. The molecule has 3 rings (SSSR count). The van der Waals surface area contributed by atoms with Crippen molar-refractivity contribution in [1.82, 2.24) is 20.3 Å². The minimum atomic E-state index is -4.08. The Balaban J connectivity index is 2.00. The summed E-state index contributed by atoms with van der Waals surface area (Å²) in [6, 6.07) is 3.75. The first-order valence-electron chi connectivity index (χ1n) is 15.5. The van der Waals surface area contributed by atoms with E-state index in [1.54, 1.807) is 35.9 Å². The van der Waals surface area contributed by atoms with Gasteiger partial charge in [0.1, 0.15) is 11.4 Å². The van der Waals surface area contributed by atoms with Crippen LogP contribution in [0.2, 0.25) is 0 Å². The van der Waals surface area contributed by atoms with E-state index in [4.69, 9.17) is 14.0 Å². The topological polar surface area (TPSA) is 164 Å². The summed E-state index contributed by atoms with van der Waals surface area (Å²) in [6.07, 6.45) is 1.67. The molecule has 0 bridgehead atoms. The van der Waals surface area contributed by atoms with Crippen molar-refractivity contribution in [2.45, 2.75) is 96.9 Å². The number of urea groups is 1. The van der Waals surface area contributed by atoms with E-state index in [2.05, 4.69) is 15.2 Å². The second-order valence-electron chi connectivity index (χ2n) is 12.3. The maximum Gasteiger partial charge on any atom is 0.317 e. The van der Waals surface area contributed by atoms with Gasteiger partial charge in [-0.1, -0.05) is 12.1 Å². The summed E-state index contributed by atoms with van der Waals surface area (Å²) in [6.45, 7) is 13.1. The summed E-state index contributed by atoms with van der Waals surface area (Å²) >= 11 is 0. The van der Waals surface area contributed by atoms with Crippen molar-refractivity contribution >= 4 is 27.6 Å². The number of amides is 3. The quantitative estimate of drug-likeness (QED) is 0.384. The van der Waals surface area contributed by atoms with E-state index in [1.165, 1.54) is 19.9 Å². The SMILES string of the molecule is Cc1noc(C)c1S(=O)(=O)Nc1ccc2c(c1)C(=O)N([C@@H](C)CO)C[C@@H](C)[C@H](CN(C)C(=O)NC(C)C)OCCCC[C@@H](C)O2. The van der Waals surface area contributed by atoms with Gasteiger partial charge >= 0.3 is 6.03 Å². The monoisotopic (exact) mass is 651 g/mol. The third-order valence-corrected chi connectivity index (χ3v) is 9.38. The van der Waals surface area contributed by atoms with E-state index in [9.17, 15) is 23.1 Å². The van der Waals surface area contributed by atoms with Crippen molar-refractivity contribution in [2.75, 3.05) is 38.1 Å². The number of aryl methyl sites for hydroxylation is 2. The number of fused-ring (bicyclic) bond motifs is 1. The first kappa shape index (κ1) is 36.1. The highest BCUT2D eigenvalue weighted by molar-refractivity contribution is 7.92. The molecule has 1 aromatic heterocycles. The zero-order valence-corrected chi connectivity index (χ0v) is 28.4. The normalized spacial score (nSPS) is 21.0. The lowest BCUT2D eigenvalue weighted by molar-refractivity contribution is -0.0122. The summed E-state index contributed by atoms with van der Waals surface area (Å²) in [5.74, 6) is -0.214. The number of carbonyl (C=O) groups is 2. The molecule has 0 saturated heterocycles. The number of aliphatic hydroxyl groups excluding tert-OH is 1. The van der Waals surface area contributed by atoms with Gasteiger partial charge in [0.05, 0.1) is 30.4 Å². The van der Waals surface area contributed by atoms with Crippen LogP contribution in [0.5, 0.6) is 5.75 Å². The Morgan fingerprint density at radius 2 is 1.91 bits per heavy atom. The lowest BCUT2D eigenvalue weighted by atomic mass is 10.0. The zero-order valence-electron chi connectivity index (χ0n) is 27.6. The van der Waals surface area contributed by atoms with Gasteiger partial charge in [-0.25, -0.2) is 13.2 Å². The number of ether oxygens (including phenoxy) is 2. The van der Waals surface area contributed by atoms with Crippen molar-refractivity contribution in [1.29, 1.82) is 0 Å². The maximum absolute atomic E-state index is 14.3. The van der Waals surface area contributed by atoms with Gasteiger partial charge in [0.2, 0.25) is 0 Å². The first-order valence-corrected chi connectivity index (χ1v) is 16.9. The van der Waals surface area contributed by atoms with Crippen LogP contribution in [0.25, 0.3) is 0 Å². The van der Waals surface area contributed by atoms with Gasteiger partial charge in [-0.3, -0.25) is 9.52 Å². The maximum atomic E-state index is 14.3. The van der Waals surface area contributed by atoms with E-state index in [0.717, 1.165) is 12.8 Å². The number of hydrogen-bond acceptors (Lipinski definition) is 9. The third kappa shape index (κ3) is 9.57. The molecule has 1 aliphatic heterocycles. The number of nitrogens with one attached hydrogen (secondary N) is 2. The summed E-state index contributed by atoms with van der Waals surface area (Å²) in [7, 11) is -2.37. The second kappa shape index (κ2) is 15.8. The Hall–Kier alpha value is -3.36. The molecule has 14 heteroatoms. The number of hydrogen-bond donors (Lipinski definition) is 3. The van der Waals surface area contributed by atoms with Crippen LogP contribution in [-0.4, -0.2) is 98.1 Å². The molecule has 0 saturated carbocycles. The van der Waals surface area contributed by atoms with E-state index < -0.39 is 28.1 Å². The lowest BCUT2D eigenvalue weighted by Crippen LogP contribution is -2.49. The predicted molar refractivity (Wildman–Crippen MR) is 170 cm³/mol. The van der Waals surface area contributed by atoms with E-state index in [0.29, 0.717) is 25.3 Å². The number of aromatic nitrogens is 1. The van der Waals surface area contributed by atoms with Crippen molar-refractivity contribution in [2.24, 2.45) is 5.92 Å². The Bertz CT molecular complexity index is 1390. The predicted octanol–water partition coefficient (Wildman–Crippen LogP) is 3.94. The van der Waals surface area contributed by atoms with Gasteiger partial charge < -0.3 is 34.2 Å². The van der Waals surface area contributed by atoms with Crippen LogP contribution in [0.3, 0.4) is 0 Å². The Morgan fingerprint density at radius 3 is 2.53 bits per heavy atom. The van der Waals surface area contributed by atoms with Crippen molar-refractivity contribution < 1.29 is 37.1 Å². The van der Waals surface area contributed by atoms with Crippen LogP contribution in [0.15, 0.2) is 27.6 Å². The molecule has 0 spiro atoms. The van der Waals surface area contributed by atoms with Gasteiger partial charge in [-0.15, -0.1) is 0 Å². The van der Waals surface area contributed by atoms with Crippen molar-refractivity contribution in [3.8, 4) is 5.75 Å². The molecule has 4 atom stereocenters. The highest BCUT2D eigenvalue weighted by Gasteiger charge is 2.32. The van der Waals surface area contributed by atoms with E-state index in [1.807, 2.05) is 27.7 Å². The molecule has 0 unspecified atom stereocenters. The molecule has 45 heavy (non-hydrogen) atoms. The number of sulfonamides is 1. The van der Waals surface area contributed by atoms with Gasteiger partial charge in [0, 0.05) is 44.4 Å². The van der Waals surface area contributed by atoms with Crippen molar-refractivity contribution in [3.05, 3.63) is 35.2 Å². The number of benzene rings is 1. The van der Waals surface area contributed by atoms with Gasteiger partial charge in [-0.05, 0) is 79.0 Å². The van der Waals surface area contributed by atoms with Crippen molar-refractivity contribution in [3.63, 3.8) is 0 Å². The lowest BCUT2D eigenvalue weighted by Gasteiger charge is -2.36. The summed E-state index contributed by atoms with van der Waals surface area (Å²) in [5, 5.41) is 16.8. The van der Waals surface area contributed by atoms with Gasteiger partial charge in [-0.2, -0.15) is 0 Å². The fourth-order valence-corrected chi connectivity index (χ4v) is 6.60. The molecule has 13 nitrogen and oxygen atoms in total. The standard InChI is InChI=1S/C31H49N5O8S/c1-19(2)32-31(39)35(8)17-28-20(3)16-36(21(4)18-37)30(38)26-15-25(34-45(40,41)29-23(6)33-44-24(29)7)12-13-27(26)43-22(5)11-9-10-14-42-28/h12-13,15,19-22,28,34,37H,9-11,14,16-18H2,1-8H3,(H,32,39)/t20-,21+,22-,28+/m1/s1.